The Balaban J connectivity index is 1.45. The highest BCUT2D eigenvalue weighted by molar-refractivity contribution is 5.43. The summed E-state index contributed by atoms with van der Waals surface area (Å²) >= 11 is 0. The van der Waals surface area contributed by atoms with Gasteiger partial charge < -0.3 is 29.4 Å². The van der Waals surface area contributed by atoms with Gasteiger partial charge in [-0.3, -0.25) is 0 Å². The number of hydrogen-bond donors (Lipinski definition) is 2. The van der Waals surface area contributed by atoms with Crippen LogP contribution in [0.3, 0.4) is 0 Å². The molecule has 30 heavy (non-hydrogen) atoms. The highest BCUT2D eigenvalue weighted by Gasteiger charge is 2.15. The van der Waals surface area contributed by atoms with Gasteiger partial charge in [0, 0.05) is 38.6 Å². The van der Waals surface area contributed by atoms with Crippen LogP contribution < -0.4 is 14.8 Å². The lowest BCUT2D eigenvalue weighted by molar-refractivity contribution is 0.0644. The van der Waals surface area contributed by atoms with Crippen molar-refractivity contribution in [3.63, 3.8) is 0 Å². The normalized spacial score (nSPS) is 16.6. The SMILES string of the molecule is COc1ccc(CNCCn2ccnc2)cc1OCC(O)CN1CCCCCCC1. The number of β-amino-alcohol motifs (C(OH)–C–C–N with tert-alkyl or cyclic N) is 1. The number of hydrogen-bond acceptors (Lipinski definition) is 6. The summed E-state index contributed by atoms with van der Waals surface area (Å²) in [4.78, 5) is 6.42. The number of ether oxygens (including phenoxy) is 2. The smallest absolute Gasteiger partial charge is 0.161 e. The van der Waals surface area contributed by atoms with E-state index in [-0.39, 0.29) is 6.61 Å². The minimum absolute atomic E-state index is 0.268. The van der Waals surface area contributed by atoms with Gasteiger partial charge in [0.2, 0.25) is 0 Å². The van der Waals surface area contributed by atoms with Gasteiger partial charge in [0.05, 0.1) is 13.4 Å². The van der Waals surface area contributed by atoms with Gasteiger partial charge in [-0.1, -0.05) is 25.3 Å². The van der Waals surface area contributed by atoms with E-state index in [9.17, 15) is 5.11 Å². The van der Waals surface area contributed by atoms with Crippen LogP contribution in [-0.2, 0) is 13.1 Å². The zero-order valence-corrected chi connectivity index (χ0v) is 18.1. The van der Waals surface area contributed by atoms with Gasteiger partial charge in [-0.25, -0.2) is 4.98 Å². The Morgan fingerprint density at radius 2 is 1.93 bits per heavy atom. The number of benzene rings is 1. The van der Waals surface area contributed by atoms with E-state index >= 15 is 0 Å². The molecular formula is C23H36N4O3. The number of imidazole rings is 1. The molecule has 2 aromatic rings. The second kappa shape index (κ2) is 12.6. The molecule has 1 saturated heterocycles. The quantitative estimate of drug-likeness (QED) is 0.549. The second-order valence-electron chi connectivity index (χ2n) is 8.00. The van der Waals surface area contributed by atoms with Gasteiger partial charge in [-0.05, 0) is 43.6 Å². The van der Waals surface area contributed by atoms with Crippen LogP contribution in [0.1, 0.15) is 37.7 Å². The summed E-state index contributed by atoms with van der Waals surface area (Å²) < 4.78 is 13.4. The standard InChI is InChI=1S/C23H36N4O3/c1-29-22-8-7-20(16-24-9-13-27-14-10-25-19-27)15-23(22)30-18-21(28)17-26-11-5-3-2-4-6-12-26/h7-8,10,14-15,19,21,24,28H,2-6,9,11-13,16-18H2,1H3. The fourth-order valence-electron chi connectivity index (χ4n) is 3.84. The summed E-state index contributed by atoms with van der Waals surface area (Å²) in [5, 5.41) is 13.9. The van der Waals surface area contributed by atoms with Crippen LogP contribution in [0.5, 0.6) is 11.5 Å². The average molecular weight is 417 g/mol. The Labute approximate surface area is 180 Å². The first-order chi connectivity index (χ1) is 14.7. The molecule has 1 fully saturated rings. The largest absolute Gasteiger partial charge is 0.493 e. The molecule has 0 spiro atoms. The lowest BCUT2D eigenvalue weighted by atomic mass is 10.1. The Bertz CT molecular complexity index is 715. The Kier molecular flexibility index (Phi) is 9.47. The third-order valence-electron chi connectivity index (χ3n) is 5.51. The van der Waals surface area contributed by atoms with Crippen molar-refractivity contribution in [2.75, 3.05) is 39.9 Å². The average Bonchev–Trinajstić information content (AvgIpc) is 3.25. The van der Waals surface area contributed by atoms with Gasteiger partial charge >= 0.3 is 0 Å². The number of aliphatic hydroxyl groups is 1. The minimum Gasteiger partial charge on any atom is -0.493 e. The summed E-state index contributed by atoms with van der Waals surface area (Å²) in [6.07, 6.45) is 11.4. The zero-order chi connectivity index (χ0) is 21.0. The number of methoxy groups -OCH3 is 1. The van der Waals surface area contributed by atoms with Gasteiger partial charge in [0.1, 0.15) is 12.7 Å². The molecule has 0 aliphatic carbocycles. The molecule has 0 saturated carbocycles. The predicted octanol–water partition coefficient (Wildman–Crippen LogP) is 2.69. The third-order valence-corrected chi connectivity index (χ3v) is 5.51. The van der Waals surface area contributed by atoms with Gasteiger partial charge in [0.25, 0.3) is 0 Å². The van der Waals surface area contributed by atoms with Crippen LogP contribution in [0.15, 0.2) is 36.9 Å². The number of rotatable bonds is 11. The molecule has 2 N–H and O–H groups in total. The Morgan fingerprint density at radius 1 is 1.13 bits per heavy atom. The maximum Gasteiger partial charge on any atom is 0.161 e. The van der Waals surface area contributed by atoms with Gasteiger partial charge in [-0.15, -0.1) is 0 Å². The maximum atomic E-state index is 10.5. The van der Waals surface area contributed by atoms with E-state index < -0.39 is 6.10 Å². The van der Waals surface area contributed by atoms with Crippen molar-refractivity contribution >= 4 is 0 Å². The molecule has 7 nitrogen and oxygen atoms in total. The van der Waals surface area contributed by atoms with E-state index in [0.717, 1.165) is 38.3 Å². The van der Waals surface area contributed by atoms with E-state index in [4.69, 9.17) is 9.47 Å². The van der Waals surface area contributed by atoms with Crippen molar-refractivity contribution in [3.8, 4) is 11.5 Å². The number of aromatic nitrogens is 2. The fraction of sp³-hybridized carbons (Fsp3) is 0.609. The van der Waals surface area contributed by atoms with E-state index in [1.165, 1.54) is 32.1 Å². The lowest BCUT2D eigenvalue weighted by Crippen LogP contribution is -2.37. The van der Waals surface area contributed by atoms with E-state index in [2.05, 4.69) is 15.2 Å². The number of nitrogens with one attached hydrogen (secondary N) is 1. The molecule has 0 bridgehead atoms. The second-order valence-corrected chi connectivity index (χ2v) is 8.00. The van der Waals surface area contributed by atoms with Crippen molar-refractivity contribution in [2.24, 2.45) is 0 Å². The molecule has 166 valence electrons. The first kappa shape index (κ1) is 22.6. The summed E-state index contributed by atoms with van der Waals surface area (Å²) in [5.74, 6) is 1.37. The van der Waals surface area contributed by atoms with Crippen LogP contribution in [0.2, 0.25) is 0 Å². The minimum atomic E-state index is -0.508. The highest BCUT2D eigenvalue weighted by Crippen LogP contribution is 2.28. The molecule has 1 aliphatic rings. The van der Waals surface area contributed by atoms with Crippen LogP contribution in [-0.4, -0.2) is 65.6 Å². The first-order valence-corrected chi connectivity index (χ1v) is 11.1. The van der Waals surface area contributed by atoms with Crippen molar-refractivity contribution in [1.82, 2.24) is 19.8 Å². The van der Waals surface area contributed by atoms with Crippen LogP contribution in [0, 0.1) is 0 Å². The molecule has 0 radical (unpaired) electrons. The summed E-state index contributed by atoms with van der Waals surface area (Å²) in [6, 6.07) is 5.95. The molecular weight excluding hydrogens is 380 g/mol. The molecule has 1 unspecified atom stereocenters. The summed E-state index contributed by atoms with van der Waals surface area (Å²) in [5.41, 5.74) is 1.12. The van der Waals surface area contributed by atoms with E-state index in [1.807, 2.05) is 35.3 Å². The highest BCUT2D eigenvalue weighted by atomic mass is 16.5. The number of nitrogens with zero attached hydrogens (tertiary/aromatic N) is 3. The van der Waals surface area contributed by atoms with Crippen LogP contribution >= 0.6 is 0 Å². The third kappa shape index (κ3) is 7.63. The van der Waals surface area contributed by atoms with Crippen molar-refractivity contribution < 1.29 is 14.6 Å². The van der Waals surface area contributed by atoms with Crippen LogP contribution in [0.25, 0.3) is 0 Å². The molecule has 1 atom stereocenters. The number of aliphatic hydroxyl groups excluding tert-OH is 1. The number of likely N-dealkylation sites (tertiary alicyclic amines) is 1. The molecule has 1 aliphatic heterocycles. The maximum absolute atomic E-state index is 10.5. The van der Waals surface area contributed by atoms with Crippen molar-refractivity contribution in [2.45, 2.75) is 51.3 Å². The topological polar surface area (TPSA) is 71.8 Å². The molecule has 1 aromatic heterocycles. The zero-order valence-electron chi connectivity index (χ0n) is 18.1. The van der Waals surface area contributed by atoms with E-state index in [0.29, 0.717) is 18.0 Å². The molecule has 7 heteroatoms. The summed E-state index contributed by atoms with van der Waals surface area (Å²) in [7, 11) is 1.64. The molecule has 0 amide bonds. The Hall–Kier alpha value is -2.09. The molecule has 1 aromatic carbocycles. The fourth-order valence-corrected chi connectivity index (χ4v) is 3.84. The van der Waals surface area contributed by atoms with Gasteiger partial charge in [0.15, 0.2) is 11.5 Å². The molecule has 3 rings (SSSR count). The first-order valence-electron chi connectivity index (χ1n) is 11.1. The lowest BCUT2D eigenvalue weighted by Gasteiger charge is -2.26. The van der Waals surface area contributed by atoms with Crippen molar-refractivity contribution in [3.05, 3.63) is 42.5 Å². The Morgan fingerprint density at radius 3 is 2.67 bits per heavy atom. The van der Waals surface area contributed by atoms with E-state index in [1.54, 1.807) is 13.3 Å². The van der Waals surface area contributed by atoms with Crippen LogP contribution in [0.4, 0.5) is 0 Å². The predicted molar refractivity (Wildman–Crippen MR) is 118 cm³/mol. The van der Waals surface area contributed by atoms with Gasteiger partial charge in [-0.2, -0.15) is 0 Å². The summed E-state index contributed by atoms with van der Waals surface area (Å²) in [6.45, 7) is 5.55. The van der Waals surface area contributed by atoms with Crippen molar-refractivity contribution in [1.29, 1.82) is 0 Å². The molecule has 2 heterocycles. The monoisotopic (exact) mass is 416 g/mol.